The summed E-state index contributed by atoms with van der Waals surface area (Å²) in [5, 5.41) is 4.84. The van der Waals surface area contributed by atoms with E-state index < -0.39 is 11.7 Å². The summed E-state index contributed by atoms with van der Waals surface area (Å²) in [5.74, 6) is 0. The van der Waals surface area contributed by atoms with Gasteiger partial charge in [0.2, 0.25) is 0 Å². The Balaban J connectivity index is 1.25. The molecule has 39 heavy (non-hydrogen) atoms. The molecule has 1 aliphatic carbocycles. The molecule has 1 saturated carbocycles. The van der Waals surface area contributed by atoms with Gasteiger partial charge in [-0.3, -0.25) is 10.1 Å². The number of amides is 1. The van der Waals surface area contributed by atoms with Crippen molar-refractivity contribution in [3.05, 3.63) is 114 Å². The first-order chi connectivity index (χ1) is 19.1. The molecule has 1 fully saturated rings. The summed E-state index contributed by atoms with van der Waals surface area (Å²) in [6.07, 6.45) is 0.879. The molecule has 4 aromatic carbocycles. The predicted molar refractivity (Wildman–Crippen MR) is 156 cm³/mol. The maximum atomic E-state index is 12.9. The van der Waals surface area contributed by atoms with Gasteiger partial charge in [-0.1, -0.05) is 97.1 Å². The van der Waals surface area contributed by atoms with Gasteiger partial charge in [0.25, 0.3) is 6.47 Å². The van der Waals surface area contributed by atoms with E-state index in [4.69, 9.17) is 9.47 Å². The Hall–Kier alpha value is -4.42. The van der Waals surface area contributed by atoms with Gasteiger partial charge >= 0.3 is 6.09 Å². The van der Waals surface area contributed by atoms with E-state index in [1.807, 2.05) is 61.5 Å². The van der Waals surface area contributed by atoms with Crippen LogP contribution < -0.4 is 5.32 Å². The van der Waals surface area contributed by atoms with Crippen molar-refractivity contribution in [3.8, 4) is 22.3 Å². The lowest BCUT2D eigenvalue weighted by Crippen LogP contribution is -2.15. The normalized spacial score (nSPS) is 14.4. The van der Waals surface area contributed by atoms with Crippen LogP contribution in [0.4, 0.5) is 9.80 Å². The van der Waals surface area contributed by atoms with Crippen molar-refractivity contribution >= 4 is 39.0 Å². The molecule has 194 valence electrons. The minimum atomic E-state index is -0.483. The van der Waals surface area contributed by atoms with Gasteiger partial charge in [0.1, 0.15) is 16.7 Å². The van der Waals surface area contributed by atoms with E-state index in [-0.39, 0.29) is 6.10 Å². The summed E-state index contributed by atoms with van der Waals surface area (Å²) in [6, 6.07) is 34.4. The number of ether oxygens (including phenoxy) is 2. The third kappa shape index (κ3) is 5.03. The van der Waals surface area contributed by atoms with Gasteiger partial charge in [-0.2, -0.15) is 0 Å². The van der Waals surface area contributed by atoms with Gasteiger partial charge in [-0.25, -0.2) is 4.79 Å². The summed E-state index contributed by atoms with van der Waals surface area (Å²) >= 11 is 1.54. The summed E-state index contributed by atoms with van der Waals surface area (Å²) in [6.45, 7) is 2.41. The van der Waals surface area contributed by atoms with Crippen LogP contribution in [0.25, 0.3) is 32.3 Å². The standard InChI is InChI=1S/C33H27NO4S/c1-22(23-7-3-2-4-8-23)38-32(36)34-31-30(28-9-5-6-10-29(28)39-31)26-13-11-24(12-14-26)25-15-17-27(18-16-25)33(19-20-33)37-21-35/h2-18,21-22H,19-20H2,1H3,(H,34,36)/t22-/m1/s1. The number of hydrogen-bond acceptors (Lipinski definition) is 5. The summed E-state index contributed by atoms with van der Waals surface area (Å²) in [4.78, 5) is 23.8. The fraction of sp³-hybridized carbons (Fsp3) is 0.152. The van der Waals surface area contributed by atoms with Gasteiger partial charge in [-0.15, -0.1) is 11.3 Å². The fourth-order valence-electron chi connectivity index (χ4n) is 4.97. The Morgan fingerprint density at radius 3 is 2.13 bits per heavy atom. The minimum Gasteiger partial charge on any atom is -0.456 e. The van der Waals surface area contributed by atoms with Crippen molar-refractivity contribution in [1.29, 1.82) is 0 Å². The number of hydrogen-bond donors (Lipinski definition) is 1. The largest absolute Gasteiger partial charge is 0.456 e. The van der Waals surface area contributed by atoms with E-state index >= 15 is 0 Å². The average Bonchev–Trinajstić information content (AvgIpc) is 3.67. The molecule has 1 amide bonds. The molecule has 1 aromatic heterocycles. The molecule has 1 atom stereocenters. The molecule has 0 spiro atoms. The molecule has 1 aliphatic rings. The molecule has 1 heterocycles. The average molecular weight is 534 g/mol. The molecule has 5 nitrogen and oxygen atoms in total. The van der Waals surface area contributed by atoms with Crippen LogP contribution in [0.5, 0.6) is 0 Å². The number of rotatable bonds is 8. The first kappa shape index (κ1) is 24.9. The number of fused-ring (bicyclic) bond motifs is 1. The third-order valence-electron chi connectivity index (χ3n) is 7.26. The van der Waals surface area contributed by atoms with E-state index in [0.717, 1.165) is 61.3 Å². The molecule has 6 heteroatoms. The second-order valence-electron chi connectivity index (χ2n) is 9.75. The highest BCUT2D eigenvalue weighted by molar-refractivity contribution is 7.23. The molecule has 0 bridgehead atoms. The van der Waals surface area contributed by atoms with Crippen LogP contribution in [0.3, 0.4) is 0 Å². The maximum Gasteiger partial charge on any atom is 0.412 e. The number of carbonyl (C=O) groups excluding carboxylic acids is 2. The summed E-state index contributed by atoms with van der Waals surface area (Å²) < 4.78 is 12.1. The van der Waals surface area contributed by atoms with Gasteiger partial charge in [-0.05, 0) is 53.6 Å². The van der Waals surface area contributed by atoms with Crippen LogP contribution >= 0.6 is 11.3 Å². The minimum absolute atomic E-state index is 0.366. The zero-order chi connectivity index (χ0) is 26.8. The first-order valence-corrected chi connectivity index (χ1v) is 13.7. The number of carbonyl (C=O) groups is 2. The molecular formula is C33H27NO4S. The lowest BCUT2D eigenvalue weighted by atomic mass is 9.97. The number of benzene rings is 4. The Morgan fingerprint density at radius 1 is 0.846 bits per heavy atom. The van der Waals surface area contributed by atoms with Gasteiger partial charge in [0.15, 0.2) is 0 Å². The zero-order valence-electron chi connectivity index (χ0n) is 21.4. The van der Waals surface area contributed by atoms with Crippen LogP contribution in [0, 0.1) is 0 Å². The quantitative estimate of drug-likeness (QED) is 0.203. The smallest absolute Gasteiger partial charge is 0.412 e. The van der Waals surface area contributed by atoms with E-state index in [2.05, 4.69) is 53.8 Å². The van der Waals surface area contributed by atoms with Gasteiger partial charge in [0.05, 0.1) is 0 Å². The number of anilines is 1. The number of nitrogens with one attached hydrogen (secondary N) is 1. The van der Waals surface area contributed by atoms with E-state index in [1.165, 1.54) is 11.3 Å². The van der Waals surface area contributed by atoms with Gasteiger partial charge in [0, 0.05) is 15.6 Å². The predicted octanol–water partition coefficient (Wildman–Crippen LogP) is 8.71. The highest BCUT2D eigenvalue weighted by atomic mass is 32.1. The molecule has 0 radical (unpaired) electrons. The third-order valence-corrected chi connectivity index (χ3v) is 8.35. The highest BCUT2D eigenvalue weighted by Crippen LogP contribution is 2.49. The van der Waals surface area contributed by atoms with Crippen molar-refractivity contribution in [2.24, 2.45) is 0 Å². The Kier molecular flexibility index (Phi) is 6.63. The van der Waals surface area contributed by atoms with Crippen LogP contribution in [0.1, 0.15) is 37.0 Å². The van der Waals surface area contributed by atoms with E-state index in [0.29, 0.717) is 6.47 Å². The van der Waals surface area contributed by atoms with Crippen LogP contribution in [0.15, 0.2) is 103 Å². The number of thiophene rings is 1. The maximum absolute atomic E-state index is 12.9. The monoisotopic (exact) mass is 533 g/mol. The van der Waals surface area contributed by atoms with Crippen LogP contribution in [0.2, 0.25) is 0 Å². The summed E-state index contributed by atoms with van der Waals surface area (Å²) in [5.41, 5.74) is 5.68. The van der Waals surface area contributed by atoms with Crippen LogP contribution in [-0.4, -0.2) is 12.6 Å². The van der Waals surface area contributed by atoms with Crippen molar-refractivity contribution < 1.29 is 19.1 Å². The van der Waals surface area contributed by atoms with Gasteiger partial charge < -0.3 is 9.47 Å². The topological polar surface area (TPSA) is 64.6 Å². The lowest BCUT2D eigenvalue weighted by Gasteiger charge is -2.15. The zero-order valence-corrected chi connectivity index (χ0v) is 22.2. The van der Waals surface area contributed by atoms with Crippen molar-refractivity contribution in [3.63, 3.8) is 0 Å². The Morgan fingerprint density at radius 2 is 1.46 bits per heavy atom. The second-order valence-corrected chi connectivity index (χ2v) is 10.8. The van der Waals surface area contributed by atoms with E-state index in [9.17, 15) is 9.59 Å². The molecular weight excluding hydrogens is 506 g/mol. The van der Waals surface area contributed by atoms with E-state index in [1.54, 1.807) is 0 Å². The highest BCUT2D eigenvalue weighted by Gasteiger charge is 2.46. The van der Waals surface area contributed by atoms with Crippen LogP contribution in [-0.2, 0) is 19.9 Å². The SMILES string of the molecule is C[C@@H](OC(=O)Nc1sc2ccccc2c1-c1ccc(-c2ccc(C3(OC=O)CC3)cc2)cc1)c1ccccc1. The molecule has 0 unspecified atom stereocenters. The van der Waals surface area contributed by atoms with Crippen molar-refractivity contribution in [2.45, 2.75) is 31.5 Å². The molecule has 0 aliphatic heterocycles. The second kappa shape index (κ2) is 10.4. The lowest BCUT2D eigenvalue weighted by molar-refractivity contribution is -0.136. The molecule has 6 rings (SSSR count). The fourth-order valence-corrected chi connectivity index (χ4v) is 6.08. The Labute approximate surface area is 231 Å². The first-order valence-electron chi connectivity index (χ1n) is 12.9. The molecule has 1 N–H and O–H groups in total. The Bertz CT molecular complexity index is 1620. The molecule has 5 aromatic rings. The van der Waals surface area contributed by atoms with Crippen molar-refractivity contribution in [2.75, 3.05) is 5.32 Å². The summed E-state index contributed by atoms with van der Waals surface area (Å²) in [7, 11) is 0. The molecule has 0 saturated heterocycles. The van der Waals surface area contributed by atoms with Crippen molar-refractivity contribution in [1.82, 2.24) is 0 Å².